The second kappa shape index (κ2) is 5.85. The standard InChI is InChI=1S/C12H4Cl5N3/c13-7-6(8(14)10(16)11(17)9(7)15)12-5(19)1-4(2-18)3-20-12/h1,3H,19H2. The molecule has 0 aliphatic rings. The molecule has 0 radical (unpaired) electrons. The van der Waals surface area contributed by atoms with Crippen LogP contribution in [0, 0.1) is 11.3 Å². The van der Waals surface area contributed by atoms with Gasteiger partial charge in [0.15, 0.2) is 0 Å². The zero-order valence-corrected chi connectivity index (χ0v) is 13.3. The number of hydrogen-bond acceptors (Lipinski definition) is 3. The lowest BCUT2D eigenvalue weighted by molar-refractivity contribution is 1.30. The molecule has 0 bridgehead atoms. The summed E-state index contributed by atoms with van der Waals surface area (Å²) in [5.74, 6) is 0. The Morgan fingerprint density at radius 2 is 1.45 bits per heavy atom. The van der Waals surface area contributed by atoms with E-state index in [0.717, 1.165) is 0 Å². The van der Waals surface area contributed by atoms with Crippen LogP contribution in [0.1, 0.15) is 5.56 Å². The fourth-order valence-corrected chi connectivity index (χ4v) is 2.88. The van der Waals surface area contributed by atoms with E-state index in [0.29, 0.717) is 5.56 Å². The predicted octanol–water partition coefficient (Wildman–Crippen LogP) is 5.47. The Morgan fingerprint density at radius 1 is 0.950 bits per heavy atom. The molecule has 0 aliphatic carbocycles. The topological polar surface area (TPSA) is 62.7 Å². The summed E-state index contributed by atoms with van der Waals surface area (Å²) in [5.41, 5.74) is 6.94. The lowest BCUT2D eigenvalue weighted by Gasteiger charge is -2.13. The lowest BCUT2D eigenvalue weighted by Crippen LogP contribution is -1.97. The van der Waals surface area contributed by atoms with Gasteiger partial charge in [-0.2, -0.15) is 5.26 Å². The van der Waals surface area contributed by atoms with Crippen LogP contribution in [0.3, 0.4) is 0 Å². The average Bonchev–Trinajstić information content (AvgIpc) is 2.44. The summed E-state index contributed by atoms with van der Waals surface area (Å²) >= 11 is 30.2. The molecule has 102 valence electrons. The largest absolute Gasteiger partial charge is 0.397 e. The summed E-state index contributed by atoms with van der Waals surface area (Å²) in [6.45, 7) is 0. The van der Waals surface area contributed by atoms with Crippen LogP contribution in [0.5, 0.6) is 0 Å². The molecular weight excluding hydrogens is 363 g/mol. The Balaban J connectivity index is 2.81. The molecule has 0 fully saturated rings. The molecule has 1 aromatic heterocycles. The van der Waals surface area contributed by atoms with Crippen molar-refractivity contribution in [2.75, 3.05) is 5.73 Å². The number of anilines is 1. The molecule has 0 saturated heterocycles. The first-order valence-corrected chi connectivity index (χ1v) is 6.94. The van der Waals surface area contributed by atoms with Gasteiger partial charge in [-0.25, -0.2) is 0 Å². The highest BCUT2D eigenvalue weighted by atomic mass is 35.5. The van der Waals surface area contributed by atoms with Crippen LogP contribution in [-0.2, 0) is 0 Å². The first-order valence-electron chi connectivity index (χ1n) is 5.06. The minimum Gasteiger partial charge on any atom is -0.397 e. The maximum Gasteiger partial charge on any atom is 0.101 e. The fourth-order valence-electron chi connectivity index (χ4n) is 1.56. The molecule has 1 heterocycles. The highest BCUT2D eigenvalue weighted by Crippen LogP contribution is 2.48. The maximum atomic E-state index is 8.80. The first-order chi connectivity index (χ1) is 9.38. The van der Waals surface area contributed by atoms with Crippen molar-refractivity contribution in [2.24, 2.45) is 0 Å². The zero-order chi connectivity index (χ0) is 15.0. The Morgan fingerprint density at radius 3 is 1.90 bits per heavy atom. The second-order valence-corrected chi connectivity index (χ2v) is 5.61. The number of aromatic nitrogens is 1. The van der Waals surface area contributed by atoms with Crippen molar-refractivity contribution in [3.05, 3.63) is 42.9 Å². The number of hydrogen-bond donors (Lipinski definition) is 1. The van der Waals surface area contributed by atoms with Gasteiger partial charge in [-0.3, -0.25) is 4.98 Å². The first kappa shape index (κ1) is 15.5. The second-order valence-electron chi connectivity index (χ2n) is 3.72. The van der Waals surface area contributed by atoms with Crippen molar-refractivity contribution in [1.82, 2.24) is 4.98 Å². The van der Waals surface area contributed by atoms with Gasteiger partial charge in [0.2, 0.25) is 0 Å². The van der Waals surface area contributed by atoms with E-state index in [2.05, 4.69) is 4.98 Å². The van der Waals surface area contributed by atoms with E-state index in [1.54, 1.807) is 0 Å². The van der Waals surface area contributed by atoms with E-state index in [9.17, 15) is 0 Å². The quantitative estimate of drug-likeness (QED) is 0.537. The van der Waals surface area contributed by atoms with Crippen molar-refractivity contribution in [1.29, 1.82) is 5.26 Å². The van der Waals surface area contributed by atoms with Gasteiger partial charge in [-0.05, 0) is 6.07 Å². The van der Waals surface area contributed by atoms with Crippen LogP contribution in [0.2, 0.25) is 25.1 Å². The molecule has 0 spiro atoms. The Kier molecular flexibility index (Phi) is 4.53. The zero-order valence-electron chi connectivity index (χ0n) is 9.52. The average molecular weight is 367 g/mol. The van der Waals surface area contributed by atoms with Crippen LogP contribution in [-0.4, -0.2) is 4.98 Å². The molecule has 0 atom stereocenters. The van der Waals surface area contributed by atoms with Gasteiger partial charge in [0.1, 0.15) is 6.07 Å². The molecule has 8 heteroatoms. The van der Waals surface area contributed by atoms with E-state index in [1.165, 1.54) is 12.3 Å². The number of benzene rings is 1. The number of rotatable bonds is 1. The van der Waals surface area contributed by atoms with Crippen molar-refractivity contribution >= 4 is 63.7 Å². The van der Waals surface area contributed by atoms with Gasteiger partial charge >= 0.3 is 0 Å². The summed E-state index contributed by atoms with van der Waals surface area (Å²) in [6.07, 6.45) is 1.34. The summed E-state index contributed by atoms with van der Waals surface area (Å²) in [6, 6.07) is 3.38. The molecule has 0 saturated carbocycles. The SMILES string of the molecule is N#Cc1cnc(-c2c(Cl)c(Cl)c(Cl)c(Cl)c2Cl)c(N)c1. The van der Waals surface area contributed by atoms with E-state index < -0.39 is 0 Å². The highest BCUT2D eigenvalue weighted by molar-refractivity contribution is 6.56. The molecule has 3 nitrogen and oxygen atoms in total. The van der Waals surface area contributed by atoms with E-state index >= 15 is 0 Å². The highest BCUT2D eigenvalue weighted by Gasteiger charge is 2.22. The third kappa shape index (κ3) is 2.50. The van der Waals surface area contributed by atoms with Gasteiger partial charge in [0, 0.05) is 11.8 Å². The van der Waals surface area contributed by atoms with Gasteiger partial charge in [0.25, 0.3) is 0 Å². The summed E-state index contributed by atoms with van der Waals surface area (Å²) in [4.78, 5) is 4.08. The Hall–Kier alpha value is -0.890. The minimum absolute atomic E-state index is 0.0549. The summed E-state index contributed by atoms with van der Waals surface area (Å²) in [7, 11) is 0. The maximum absolute atomic E-state index is 8.80. The number of nitrogens with zero attached hydrogens (tertiary/aromatic N) is 2. The number of nitrogen functional groups attached to an aromatic ring is 1. The molecule has 2 rings (SSSR count). The van der Waals surface area contributed by atoms with E-state index in [1.807, 2.05) is 6.07 Å². The number of pyridine rings is 1. The van der Waals surface area contributed by atoms with Crippen LogP contribution in [0.25, 0.3) is 11.3 Å². The third-order valence-corrected chi connectivity index (χ3v) is 4.77. The fraction of sp³-hybridized carbons (Fsp3) is 0. The molecular formula is C12H4Cl5N3. The van der Waals surface area contributed by atoms with E-state index in [-0.39, 0.29) is 42.1 Å². The monoisotopic (exact) mass is 365 g/mol. The van der Waals surface area contributed by atoms with Crippen molar-refractivity contribution in [3.8, 4) is 17.3 Å². The number of nitriles is 1. The number of nitrogens with two attached hydrogens (primary N) is 1. The van der Waals surface area contributed by atoms with Crippen LogP contribution >= 0.6 is 58.0 Å². The van der Waals surface area contributed by atoms with Gasteiger partial charge < -0.3 is 5.73 Å². The lowest BCUT2D eigenvalue weighted by atomic mass is 10.1. The van der Waals surface area contributed by atoms with Crippen molar-refractivity contribution in [2.45, 2.75) is 0 Å². The normalized spacial score (nSPS) is 10.4. The van der Waals surface area contributed by atoms with Crippen LogP contribution in [0.4, 0.5) is 5.69 Å². The van der Waals surface area contributed by atoms with E-state index in [4.69, 9.17) is 69.0 Å². The van der Waals surface area contributed by atoms with Gasteiger partial charge in [-0.15, -0.1) is 0 Å². The smallest absolute Gasteiger partial charge is 0.101 e. The third-order valence-electron chi connectivity index (χ3n) is 2.49. The molecule has 1 aromatic carbocycles. The Bertz CT molecular complexity index is 723. The molecule has 2 N–H and O–H groups in total. The summed E-state index contributed by atoms with van der Waals surface area (Å²) in [5, 5.41) is 9.16. The van der Waals surface area contributed by atoms with Crippen LogP contribution in [0.15, 0.2) is 12.3 Å². The predicted molar refractivity (Wildman–Crippen MR) is 83.9 cm³/mol. The minimum atomic E-state index is 0.0549. The van der Waals surface area contributed by atoms with Crippen molar-refractivity contribution in [3.63, 3.8) is 0 Å². The molecule has 20 heavy (non-hydrogen) atoms. The Labute approximate surface area is 139 Å². The molecule has 2 aromatic rings. The van der Waals surface area contributed by atoms with Crippen LogP contribution < -0.4 is 5.73 Å². The molecule has 0 amide bonds. The molecule has 0 unspecified atom stereocenters. The van der Waals surface area contributed by atoms with Gasteiger partial charge in [-0.1, -0.05) is 58.0 Å². The van der Waals surface area contributed by atoms with Crippen molar-refractivity contribution < 1.29 is 0 Å². The summed E-state index contributed by atoms with van der Waals surface area (Å²) < 4.78 is 0. The molecule has 0 aliphatic heterocycles. The number of halogens is 5. The van der Waals surface area contributed by atoms with Gasteiger partial charge in [0.05, 0.1) is 42.1 Å².